The number of hydrogen-bond donors (Lipinski definition) is 0. The molecule has 0 spiro atoms. The second-order valence-electron chi connectivity index (χ2n) is 7.08. The van der Waals surface area contributed by atoms with Crippen LogP contribution in [0.5, 0.6) is 0 Å². The van der Waals surface area contributed by atoms with Gasteiger partial charge >= 0.3 is 5.97 Å². The Hall–Kier alpha value is -0.770. The van der Waals surface area contributed by atoms with E-state index in [9.17, 15) is 9.59 Å². The number of Topliss-reactive ketones (excluding diaryl/α,β-unsaturated/α-hetero) is 1. The summed E-state index contributed by atoms with van der Waals surface area (Å²) in [4.78, 5) is 24.0. The number of ether oxygens (including phenoxy) is 1. The molecule has 0 amide bonds. The molecule has 2 fully saturated rings. The fourth-order valence-corrected chi connectivity index (χ4v) is 5.40. The fraction of sp³-hybridized carbons (Fsp3) is 0.778. The summed E-state index contributed by atoms with van der Waals surface area (Å²) in [5, 5.41) is 1.29. The predicted octanol–water partition coefficient (Wildman–Crippen LogP) is 4.30. The van der Waals surface area contributed by atoms with Gasteiger partial charge in [0.05, 0.1) is 5.92 Å². The van der Waals surface area contributed by atoms with Gasteiger partial charge in [0.1, 0.15) is 11.4 Å². The van der Waals surface area contributed by atoms with E-state index < -0.39 is 5.60 Å². The van der Waals surface area contributed by atoms with E-state index in [1.165, 1.54) is 25.7 Å². The Labute approximate surface area is 138 Å². The lowest BCUT2D eigenvalue weighted by molar-refractivity contribution is -0.165. The van der Waals surface area contributed by atoms with Gasteiger partial charge in [0.2, 0.25) is 0 Å². The number of rotatable bonds is 5. The molecule has 0 aromatic rings. The molecule has 0 aromatic carbocycles. The highest BCUT2D eigenvalue weighted by Crippen LogP contribution is 2.44. The van der Waals surface area contributed by atoms with Crippen molar-refractivity contribution in [3.63, 3.8) is 0 Å². The molecule has 22 heavy (non-hydrogen) atoms. The van der Waals surface area contributed by atoms with Gasteiger partial charge < -0.3 is 4.74 Å². The van der Waals surface area contributed by atoms with Crippen molar-refractivity contribution in [1.82, 2.24) is 0 Å². The monoisotopic (exact) mass is 324 g/mol. The van der Waals surface area contributed by atoms with Gasteiger partial charge in [-0.15, -0.1) is 0 Å². The molecule has 3 unspecified atom stereocenters. The molecule has 0 bridgehead atoms. The lowest BCUT2D eigenvalue weighted by Gasteiger charge is -2.42. The second-order valence-corrected chi connectivity index (χ2v) is 8.69. The third-order valence-corrected chi connectivity index (χ3v) is 6.72. The topological polar surface area (TPSA) is 43.4 Å². The molecule has 3 atom stereocenters. The third-order valence-electron chi connectivity index (χ3n) is 5.05. The number of carbonyl (C=O) groups excluding carboxylic acids is 2. The molecule has 0 aliphatic heterocycles. The van der Waals surface area contributed by atoms with Crippen molar-refractivity contribution in [2.45, 2.75) is 81.8 Å². The normalized spacial score (nSPS) is 32.7. The van der Waals surface area contributed by atoms with E-state index in [4.69, 9.17) is 4.74 Å². The van der Waals surface area contributed by atoms with Crippen molar-refractivity contribution >= 4 is 23.5 Å². The SMILES string of the molecule is C=C(C)C(=O)OC1(C)CCC(SC2CCCC2)CC1C(C)=O. The molecule has 0 N–H and O–H groups in total. The highest BCUT2D eigenvalue weighted by atomic mass is 32.2. The van der Waals surface area contributed by atoms with Crippen LogP contribution in [0.15, 0.2) is 12.2 Å². The Morgan fingerprint density at radius 3 is 2.32 bits per heavy atom. The van der Waals surface area contributed by atoms with E-state index in [0.29, 0.717) is 10.8 Å². The maximum Gasteiger partial charge on any atom is 0.333 e. The minimum Gasteiger partial charge on any atom is -0.455 e. The maximum atomic E-state index is 12.1. The van der Waals surface area contributed by atoms with Crippen molar-refractivity contribution in [1.29, 1.82) is 0 Å². The summed E-state index contributed by atoms with van der Waals surface area (Å²) in [5.41, 5.74) is -0.278. The zero-order valence-electron chi connectivity index (χ0n) is 14.0. The van der Waals surface area contributed by atoms with Gasteiger partial charge in [-0.25, -0.2) is 4.79 Å². The van der Waals surface area contributed by atoms with Crippen LogP contribution in [0, 0.1) is 5.92 Å². The smallest absolute Gasteiger partial charge is 0.333 e. The summed E-state index contributed by atoms with van der Waals surface area (Å²) in [7, 11) is 0. The summed E-state index contributed by atoms with van der Waals surface area (Å²) in [6.07, 6.45) is 7.92. The van der Waals surface area contributed by atoms with Crippen LogP contribution >= 0.6 is 11.8 Å². The molecule has 124 valence electrons. The van der Waals surface area contributed by atoms with E-state index >= 15 is 0 Å². The van der Waals surface area contributed by atoms with Crippen LogP contribution in [0.3, 0.4) is 0 Å². The van der Waals surface area contributed by atoms with Crippen LogP contribution in [0.4, 0.5) is 0 Å². The third kappa shape index (κ3) is 4.15. The largest absolute Gasteiger partial charge is 0.455 e. The molecule has 4 heteroatoms. The van der Waals surface area contributed by atoms with Crippen molar-refractivity contribution in [2.24, 2.45) is 5.92 Å². The quantitative estimate of drug-likeness (QED) is 0.559. The first kappa shape index (κ1) is 17.6. The summed E-state index contributed by atoms with van der Waals surface area (Å²) < 4.78 is 5.66. The number of thioether (sulfide) groups is 1. The Kier molecular flexibility index (Phi) is 5.76. The van der Waals surface area contributed by atoms with Crippen molar-refractivity contribution in [3.8, 4) is 0 Å². The van der Waals surface area contributed by atoms with Gasteiger partial charge in [0.15, 0.2) is 0 Å². The number of esters is 1. The number of ketones is 1. The fourth-order valence-electron chi connectivity index (χ4n) is 3.69. The standard InChI is InChI=1S/C18H28O3S/c1-12(2)17(20)21-18(4)10-9-15(11-16(18)13(3)19)22-14-7-5-6-8-14/h14-16H,1,5-11H2,2-4H3. The Balaban J connectivity index is 2.02. The zero-order chi connectivity index (χ0) is 16.3. The van der Waals surface area contributed by atoms with Crippen LogP contribution in [0.2, 0.25) is 0 Å². The highest BCUT2D eigenvalue weighted by Gasteiger charge is 2.46. The molecule has 2 aliphatic carbocycles. The van der Waals surface area contributed by atoms with Gasteiger partial charge in [0.25, 0.3) is 0 Å². The van der Waals surface area contributed by atoms with Crippen LogP contribution in [0.1, 0.15) is 65.7 Å². The lowest BCUT2D eigenvalue weighted by Crippen LogP contribution is -2.48. The van der Waals surface area contributed by atoms with Gasteiger partial charge in [-0.1, -0.05) is 19.4 Å². The molecule has 0 aromatic heterocycles. The van der Waals surface area contributed by atoms with E-state index in [2.05, 4.69) is 18.3 Å². The first-order valence-electron chi connectivity index (χ1n) is 8.36. The number of carbonyl (C=O) groups is 2. The molecular weight excluding hydrogens is 296 g/mol. The first-order valence-corrected chi connectivity index (χ1v) is 9.31. The Bertz CT molecular complexity index is 453. The summed E-state index contributed by atoms with van der Waals surface area (Å²) in [6.45, 7) is 8.83. The minimum absolute atomic E-state index is 0.133. The highest BCUT2D eigenvalue weighted by molar-refractivity contribution is 8.00. The molecule has 0 saturated heterocycles. The maximum absolute atomic E-state index is 12.1. The average Bonchev–Trinajstić information content (AvgIpc) is 2.93. The lowest BCUT2D eigenvalue weighted by atomic mass is 9.74. The molecule has 0 radical (unpaired) electrons. The molecule has 2 rings (SSSR count). The van der Waals surface area contributed by atoms with E-state index in [-0.39, 0.29) is 17.7 Å². The first-order chi connectivity index (χ1) is 10.3. The van der Waals surface area contributed by atoms with Gasteiger partial charge in [0, 0.05) is 16.1 Å². The van der Waals surface area contributed by atoms with Crippen LogP contribution in [-0.4, -0.2) is 27.9 Å². The average molecular weight is 324 g/mol. The molecule has 2 saturated carbocycles. The summed E-state index contributed by atoms with van der Waals surface area (Å²) >= 11 is 2.06. The number of hydrogen-bond acceptors (Lipinski definition) is 4. The zero-order valence-corrected chi connectivity index (χ0v) is 14.8. The Morgan fingerprint density at radius 1 is 1.14 bits per heavy atom. The van der Waals surface area contributed by atoms with Gasteiger partial charge in [-0.3, -0.25) is 4.79 Å². The second kappa shape index (κ2) is 7.20. The Morgan fingerprint density at radius 2 is 1.77 bits per heavy atom. The molecule has 0 heterocycles. The van der Waals surface area contributed by atoms with E-state index in [1.54, 1.807) is 13.8 Å². The molecule has 2 aliphatic rings. The van der Waals surface area contributed by atoms with E-state index in [1.807, 2.05) is 6.92 Å². The van der Waals surface area contributed by atoms with Gasteiger partial charge in [-0.2, -0.15) is 11.8 Å². The minimum atomic E-state index is -0.672. The molecular formula is C18H28O3S. The van der Waals surface area contributed by atoms with Crippen molar-refractivity contribution in [3.05, 3.63) is 12.2 Å². The van der Waals surface area contributed by atoms with E-state index in [0.717, 1.165) is 24.5 Å². The molecule has 3 nitrogen and oxygen atoms in total. The summed E-state index contributed by atoms with van der Waals surface area (Å²) in [5.74, 6) is -0.437. The van der Waals surface area contributed by atoms with Crippen LogP contribution in [0.25, 0.3) is 0 Å². The van der Waals surface area contributed by atoms with Crippen LogP contribution < -0.4 is 0 Å². The van der Waals surface area contributed by atoms with Crippen molar-refractivity contribution < 1.29 is 14.3 Å². The van der Waals surface area contributed by atoms with Gasteiger partial charge in [-0.05, 0) is 52.9 Å². The summed E-state index contributed by atoms with van der Waals surface area (Å²) in [6, 6.07) is 0. The predicted molar refractivity (Wildman–Crippen MR) is 91.0 cm³/mol. The van der Waals surface area contributed by atoms with Crippen LogP contribution in [-0.2, 0) is 14.3 Å². The van der Waals surface area contributed by atoms with Crippen molar-refractivity contribution in [2.75, 3.05) is 0 Å².